The summed E-state index contributed by atoms with van der Waals surface area (Å²) in [4.78, 5) is 17.7. The van der Waals surface area contributed by atoms with Gasteiger partial charge in [0.1, 0.15) is 5.75 Å². The minimum absolute atomic E-state index is 0.0577. The Balaban J connectivity index is 1.16. The van der Waals surface area contributed by atoms with Crippen molar-refractivity contribution in [2.45, 2.75) is 24.3 Å². The van der Waals surface area contributed by atoms with Crippen LogP contribution in [0.5, 0.6) is 17.2 Å². The highest BCUT2D eigenvalue weighted by Gasteiger charge is 2.36. The molecule has 3 aliphatic heterocycles. The number of nitrogens with zero attached hydrogens (tertiary/aromatic N) is 3. The standard InChI is InChI=1S/C25H31N3O6S/c1-32-21-5-7-22(8-6-21)35(30,31)28-10-2-3-20(17-28)25(29)27-13-11-26(12-14-27)16-19-4-9-23-24(15-19)34-18-33-23/h4-9,15,20H,2-3,10-14,16-18H2,1H3/t20-/m1/s1. The van der Waals surface area contributed by atoms with Crippen molar-refractivity contribution in [3.05, 3.63) is 48.0 Å². The number of fused-ring (bicyclic) bond motifs is 1. The van der Waals surface area contributed by atoms with Gasteiger partial charge in [0.15, 0.2) is 11.5 Å². The van der Waals surface area contributed by atoms with Crippen LogP contribution < -0.4 is 14.2 Å². The predicted molar refractivity (Wildman–Crippen MR) is 129 cm³/mol. The summed E-state index contributed by atoms with van der Waals surface area (Å²) in [7, 11) is -2.11. The Bertz CT molecular complexity index is 1160. The number of hydrogen-bond acceptors (Lipinski definition) is 7. The molecule has 1 atom stereocenters. The molecule has 2 aromatic rings. The van der Waals surface area contributed by atoms with Gasteiger partial charge >= 0.3 is 0 Å². The lowest BCUT2D eigenvalue weighted by Gasteiger charge is -2.38. The van der Waals surface area contributed by atoms with Crippen molar-refractivity contribution in [1.29, 1.82) is 0 Å². The van der Waals surface area contributed by atoms with Gasteiger partial charge < -0.3 is 19.1 Å². The predicted octanol–water partition coefficient (Wildman–Crippen LogP) is 2.17. The van der Waals surface area contributed by atoms with E-state index in [0.29, 0.717) is 38.2 Å². The van der Waals surface area contributed by atoms with Gasteiger partial charge in [-0.3, -0.25) is 9.69 Å². The molecule has 9 nitrogen and oxygen atoms in total. The van der Waals surface area contributed by atoms with Gasteiger partial charge in [-0.25, -0.2) is 8.42 Å². The maximum Gasteiger partial charge on any atom is 0.243 e. The highest BCUT2D eigenvalue weighted by molar-refractivity contribution is 7.89. The van der Waals surface area contributed by atoms with E-state index in [4.69, 9.17) is 14.2 Å². The van der Waals surface area contributed by atoms with Gasteiger partial charge in [-0.15, -0.1) is 0 Å². The first kappa shape index (κ1) is 23.9. The van der Waals surface area contributed by atoms with Crippen LogP contribution in [0.25, 0.3) is 0 Å². The number of piperidine rings is 1. The first-order valence-electron chi connectivity index (χ1n) is 12.0. The molecule has 10 heteroatoms. The highest BCUT2D eigenvalue weighted by atomic mass is 32.2. The normalized spacial score (nSPS) is 21.2. The van der Waals surface area contributed by atoms with E-state index in [2.05, 4.69) is 4.90 Å². The molecular formula is C25H31N3O6S. The van der Waals surface area contributed by atoms with Crippen LogP contribution in [-0.4, -0.2) is 81.6 Å². The summed E-state index contributed by atoms with van der Waals surface area (Å²) in [6.45, 7) is 4.55. The first-order valence-corrected chi connectivity index (χ1v) is 13.4. The average molecular weight is 502 g/mol. The number of amides is 1. The van der Waals surface area contributed by atoms with Gasteiger partial charge in [0, 0.05) is 45.8 Å². The van der Waals surface area contributed by atoms with Gasteiger partial charge in [0.05, 0.1) is 17.9 Å². The van der Waals surface area contributed by atoms with E-state index >= 15 is 0 Å². The topological polar surface area (TPSA) is 88.6 Å². The third-order valence-electron chi connectivity index (χ3n) is 6.96. The SMILES string of the molecule is COc1ccc(S(=O)(=O)N2CCC[C@@H](C(=O)N3CCN(Cc4ccc5c(c4)OCO5)CC3)C2)cc1. The fourth-order valence-electron chi connectivity index (χ4n) is 4.94. The summed E-state index contributed by atoms with van der Waals surface area (Å²) in [6.07, 6.45) is 1.39. The largest absolute Gasteiger partial charge is 0.497 e. The molecule has 0 spiro atoms. The minimum atomic E-state index is -3.65. The van der Waals surface area contributed by atoms with Crippen molar-refractivity contribution >= 4 is 15.9 Å². The number of hydrogen-bond donors (Lipinski definition) is 0. The summed E-state index contributed by atoms with van der Waals surface area (Å²) < 4.78 is 43.7. The molecule has 3 heterocycles. The number of ether oxygens (including phenoxy) is 3. The second-order valence-electron chi connectivity index (χ2n) is 9.17. The van der Waals surface area contributed by atoms with Gasteiger partial charge in [-0.05, 0) is 54.8 Å². The number of methoxy groups -OCH3 is 1. The van der Waals surface area contributed by atoms with Crippen molar-refractivity contribution in [3.8, 4) is 17.2 Å². The van der Waals surface area contributed by atoms with Gasteiger partial charge in [-0.1, -0.05) is 6.07 Å². The molecule has 1 amide bonds. The van der Waals surface area contributed by atoms with E-state index in [1.807, 2.05) is 23.1 Å². The molecule has 0 radical (unpaired) electrons. The highest BCUT2D eigenvalue weighted by Crippen LogP contribution is 2.33. The molecule has 0 N–H and O–H groups in total. The van der Waals surface area contributed by atoms with E-state index in [1.54, 1.807) is 31.4 Å². The first-order chi connectivity index (χ1) is 16.9. The number of rotatable bonds is 6. The van der Waals surface area contributed by atoms with E-state index in [1.165, 1.54) is 4.31 Å². The Labute approximate surface area is 206 Å². The van der Waals surface area contributed by atoms with E-state index in [0.717, 1.165) is 36.7 Å². The third kappa shape index (κ3) is 5.10. The zero-order valence-corrected chi connectivity index (χ0v) is 20.7. The van der Waals surface area contributed by atoms with Crippen LogP contribution in [0, 0.1) is 5.92 Å². The summed E-state index contributed by atoms with van der Waals surface area (Å²) >= 11 is 0. The lowest BCUT2D eigenvalue weighted by Crippen LogP contribution is -2.52. The van der Waals surface area contributed by atoms with Crippen molar-refractivity contribution < 1.29 is 27.4 Å². The fourth-order valence-corrected chi connectivity index (χ4v) is 6.46. The number of carbonyl (C=O) groups excluding carboxylic acids is 1. The van der Waals surface area contributed by atoms with Gasteiger partial charge in [0.2, 0.25) is 22.7 Å². The fraction of sp³-hybridized carbons (Fsp3) is 0.480. The number of sulfonamides is 1. The van der Waals surface area contributed by atoms with Crippen LogP contribution in [-0.2, 0) is 21.4 Å². The van der Waals surface area contributed by atoms with Crippen LogP contribution in [0.3, 0.4) is 0 Å². The van der Waals surface area contributed by atoms with E-state index in [-0.39, 0.29) is 30.1 Å². The molecule has 0 saturated carbocycles. The molecule has 0 unspecified atom stereocenters. The Morgan fingerprint density at radius 1 is 1.00 bits per heavy atom. The van der Waals surface area contributed by atoms with Gasteiger partial charge in [-0.2, -0.15) is 4.31 Å². The van der Waals surface area contributed by atoms with Crippen molar-refractivity contribution in [2.24, 2.45) is 5.92 Å². The second kappa shape index (κ2) is 10.0. The maximum atomic E-state index is 13.3. The monoisotopic (exact) mass is 501 g/mol. The number of piperazine rings is 1. The lowest BCUT2D eigenvalue weighted by atomic mass is 9.97. The molecule has 0 aromatic heterocycles. The molecule has 2 saturated heterocycles. The summed E-state index contributed by atoms with van der Waals surface area (Å²) in [5.41, 5.74) is 1.15. The van der Waals surface area contributed by atoms with Gasteiger partial charge in [0.25, 0.3) is 0 Å². The lowest BCUT2D eigenvalue weighted by molar-refractivity contribution is -0.138. The van der Waals surface area contributed by atoms with Crippen LogP contribution in [0.4, 0.5) is 0 Å². The Morgan fingerprint density at radius 3 is 2.49 bits per heavy atom. The maximum absolute atomic E-state index is 13.3. The minimum Gasteiger partial charge on any atom is -0.497 e. The number of carbonyl (C=O) groups is 1. The third-order valence-corrected chi connectivity index (χ3v) is 8.84. The molecule has 2 fully saturated rings. The summed E-state index contributed by atoms with van der Waals surface area (Å²) in [5.74, 6) is 1.91. The smallest absolute Gasteiger partial charge is 0.243 e. The Morgan fingerprint density at radius 2 is 1.74 bits per heavy atom. The van der Waals surface area contributed by atoms with E-state index < -0.39 is 10.0 Å². The van der Waals surface area contributed by atoms with Crippen molar-refractivity contribution in [3.63, 3.8) is 0 Å². The van der Waals surface area contributed by atoms with Crippen LogP contribution in [0.2, 0.25) is 0 Å². The molecule has 5 rings (SSSR count). The zero-order valence-electron chi connectivity index (χ0n) is 19.9. The average Bonchev–Trinajstić information content (AvgIpc) is 3.37. The summed E-state index contributed by atoms with van der Waals surface area (Å²) in [5, 5.41) is 0. The van der Waals surface area contributed by atoms with Crippen LogP contribution in [0.15, 0.2) is 47.4 Å². The van der Waals surface area contributed by atoms with Crippen LogP contribution >= 0.6 is 0 Å². The molecule has 188 valence electrons. The molecule has 2 aromatic carbocycles. The van der Waals surface area contributed by atoms with Crippen LogP contribution in [0.1, 0.15) is 18.4 Å². The molecule has 35 heavy (non-hydrogen) atoms. The summed E-state index contributed by atoms with van der Waals surface area (Å²) in [6, 6.07) is 12.4. The Hall–Kier alpha value is -2.82. The molecular weight excluding hydrogens is 470 g/mol. The zero-order chi connectivity index (χ0) is 24.4. The number of benzene rings is 2. The second-order valence-corrected chi connectivity index (χ2v) is 11.1. The van der Waals surface area contributed by atoms with E-state index in [9.17, 15) is 13.2 Å². The Kier molecular flexibility index (Phi) is 6.86. The van der Waals surface area contributed by atoms with Crippen molar-refractivity contribution in [2.75, 3.05) is 53.2 Å². The molecule has 0 aliphatic carbocycles. The van der Waals surface area contributed by atoms with Crippen molar-refractivity contribution in [1.82, 2.24) is 14.1 Å². The molecule has 0 bridgehead atoms. The molecule has 3 aliphatic rings. The quantitative estimate of drug-likeness (QED) is 0.599.